The molecule has 0 spiro atoms. The van der Waals surface area contributed by atoms with Crippen molar-refractivity contribution < 1.29 is 24.2 Å². The highest BCUT2D eigenvalue weighted by molar-refractivity contribution is 5.84. The zero-order valence-corrected chi connectivity index (χ0v) is 11.9. The molecule has 6 nitrogen and oxygen atoms in total. The topological polar surface area (TPSA) is 84.9 Å². The van der Waals surface area contributed by atoms with E-state index in [0.29, 0.717) is 32.6 Å². The van der Waals surface area contributed by atoms with Crippen molar-refractivity contribution in [3.8, 4) is 0 Å². The summed E-state index contributed by atoms with van der Waals surface area (Å²) >= 11 is 0. The average molecular weight is 285 g/mol. The van der Waals surface area contributed by atoms with Crippen LogP contribution in [0.2, 0.25) is 0 Å². The van der Waals surface area contributed by atoms with Crippen LogP contribution in [-0.2, 0) is 19.1 Å². The molecule has 2 rings (SSSR count). The minimum atomic E-state index is -0.865. The lowest BCUT2D eigenvalue weighted by atomic mass is 9.78. The van der Waals surface area contributed by atoms with Gasteiger partial charge in [0.25, 0.3) is 0 Å². The van der Waals surface area contributed by atoms with Gasteiger partial charge in [-0.1, -0.05) is 12.8 Å². The molecule has 0 radical (unpaired) electrons. The van der Waals surface area contributed by atoms with Crippen molar-refractivity contribution in [1.29, 1.82) is 0 Å². The number of ether oxygens (including phenoxy) is 2. The van der Waals surface area contributed by atoms with Crippen molar-refractivity contribution >= 4 is 11.9 Å². The second-order valence-corrected chi connectivity index (χ2v) is 5.74. The summed E-state index contributed by atoms with van der Waals surface area (Å²) in [6.07, 6.45) is 3.79. The van der Waals surface area contributed by atoms with Gasteiger partial charge in [0.05, 0.1) is 18.4 Å². The van der Waals surface area contributed by atoms with Gasteiger partial charge in [-0.15, -0.1) is 0 Å². The maximum Gasteiger partial charge on any atom is 0.307 e. The summed E-state index contributed by atoms with van der Waals surface area (Å²) in [5.41, 5.74) is -0.455. The van der Waals surface area contributed by atoms with Crippen LogP contribution in [0, 0.1) is 11.8 Å². The first kappa shape index (κ1) is 15.3. The number of nitrogens with one attached hydrogen (secondary N) is 1. The Labute approximate surface area is 118 Å². The molecule has 2 N–H and O–H groups in total. The van der Waals surface area contributed by atoms with Crippen LogP contribution in [-0.4, -0.2) is 49.5 Å². The predicted molar refractivity (Wildman–Crippen MR) is 71.3 cm³/mol. The van der Waals surface area contributed by atoms with E-state index in [1.165, 1.54) is 0 Å². The second-order valence-electron chi connectivity index (χ2n) is 5.74. The molecule has 0 aromatic carbocycles. The normalized spacial score (nSPS) is 33.9. The van der Waals surface area contributed by atoms with Crippen LogP contribution in [0.15, 0.2) is 0 Å². The van der Waals surface area contributed by atoms with Gasteiger partial charge in [0, 0.05) is 26.7 Å². The highest BCUT2D eigenvalue weighted by Gasteiger charge is 2.39. The first-order valence-electron chi connectivity index (χ1n) is 7.21. The minimum Gasteiger partial charge on any atom is -0.481 e. The summed E-state index contributed by atoms with van der Waals surface area (Å²) in [4.78, 5) is 23.5. The zero-order valence-electron chi connectivity index (χ0n) is 11.9. The Kier molecular flexibility index (Phi) is 4.99. The molecule has 6 heteroatoms. The van der Waals surface area contributed by atoms with Crippen molar-refractivity contribution in [2.75, 3.05) is 26.9 Å². The maximum absolute atomic E-state index is 12.3. The lowest BCUT2D eigenvalue weighted by Crippen LogP contribution is -2.48. The third kappa shape index (κ3) is 3.30. The van der Waals surface area contributed by atoms with E-state index in [9.17, 15) is 14.7 Å². The Morgan fingerprint density at radius 3 is 2.60 bits per heavy atom. The predicted octanol–water partition coefficient (Wildman–Crippen LogP) is 0.799. The summed E-state index contributed by atoms with van der Waals surface area (Å²) in [6.45, 7) is 1.48. The van der Waals surface area contributed by atoms with Gasteiger partial charge in [-0.2, -0.15) is 0 Å². The fourth-order valence-electron chi connectivity index (χ4n) is 3.08. The van der Waals surface area contributed by atoms with Gasteiger partial charge in [-0.3, -0.25) is 9.59 Å². The van der Waals surface area contributed by atoms with Crippen LogP contribution in [0.25, 0.3) is 0 Å². The molecule has 20 heavy (non-hydrogen) atoms. The highest BCUT2D eigenvalue weighted by atomic mass is 16.5. The summed E-state index contributed by atoms with van der Waals surface area (Å²) in [6, 6.07) is 0. The van der Waals surface area contributed by atoms with Gasteiger partial charge < -0.3 is 19.9 Å². The number of hydrogen-bond donors (Lipinski definition) is 2. The van der Waals surface area contributed by atoms with E-state index in [0.717, 1.165) is 19.3 Å². The van der Waals surface area contributed by atoms with Gasteiger partial charge in [0.2, 0.25) is 5.91 Å². The second kappa shape index (κ2) is 6.54. The van der Waals surface area contributed by atoms with Crippen LogP contribution >= 0.6 is 0 Å². The number of carbonyl (C=O) groups excluding carboxylic acids is 1. The first-order valence-corrected chi connectivity index (χ1v) is 7.21. The summed E-state index contributed by atoms with van der Waals surface area (Å²) in [7, 11) is 1.61. The Morgan fingerprint density at radius 2 is 2.05 bits per heavy atom. The van der Waals surface area contributed by atoms with Crippen molar-refractivity contribution in [2.24, 2.45) is 11.8 Å². The molecule has 0 aromatic rings. The van der Waals surface area contributed by atoms with Crippen LogP contribution in [0.3, 0.4) is 0 Å². The van der Waals surface area contributed by atoms with Gasteiger partial charge >= 0.3 is 5.97 Å². The third-order valence-electron chi connectivity index (χ3n) is 4.50. The van der Waals surface area contributed by atoms with Crippen LogP contribution in [0.5, 0.6) is 0 Å². The number of aliphatic carboxylic acids is 1. The minimum absolute atomic E-state index is 0.166. The van der Waals surface area contributed by atoms with Crippen molar-refractivity contribution in [3.05, 3.63) is 0 Å². The number of hydrogen-bond acceptors (Lipinski definition) is 4. The van der Waals surface area contributed by atoms with Crippen molar-refractivity contribution in [3.63, 3.8) is 0 Å². The largest absolute Gasteiger partial charge is 0.481 e. The number of carboxylic acid groups (broad SMARTS) is 1. The molecule has 1 amide bonds. The SMILES string of the molecule is COC1(CNC(=O)C2CCCCC2C(=O)O)CCOC1. The molecule has 1 saturated heterocycles. The lowest BCUT2D eigenvalue weighted by molar-refractivity contribution is -0.149. The summed E-state index contributed by atoms with van der Waals surface area (Å²) < 4.78 is 10.8. The van der Waals surface area contributed by atoms with Gasteiger partial charge in [-0.05, 0) is 12.8 Å². The molecule has 3 atom stereocenters. The van der Waals surface area contributed by atoms with Gasteiger partial charge in [0.15, 0.2) is 0 Å². The Balaban J connectivity index is 1.91. The summed E-state index contributed by atoms with van der Waals surface area (Å²) in [5.74, 6) is -2.00. The van der Waals surface area contributed by atoms with Crippen LogP contribution in [0.4, 0.5) is 0 Å². The molecule has 0 aromatic heterocycles. The van der Waals surface area contributed by atoms with Crippen molar-refractivity contribution in [1.82, 2.24) is 5.32 Å². The number of rotatable bonds is 5. The van der Waals surface area contributed by atoms with E-state index < -0.39 is 23.4 Å². The molecule has 2 fully saturated rings. The summed E-state index contributed by atoms with van der Waals surface area (Å²) in [5, 5.41) is 12.1. The number of carboxylic acids is 1. The van der Waals surface area contributed by atoms with E-state index in [1.54, 1.807) is 7.11 Å². The fraction of sp³-hybridized carbons (Fsp3) is 0.857. The van der Waals surface area contributed by atoms with Gasteiger partial charge in [0.1, 0.15) is 5.60 Å². The quantitative estimate of drug-likeness (QED) is 0.780. The molecule has 114 valence electrons. The molecule has 1 aliphatic carbocycles. The average Bonchev–Trinajstić information content (AvgIpc) is 2.94. The Morgan fingerprint density at radius 1 is 1.35 bits per heavy atom. The lowest BCUT2D eigenvalue weighted by Gasteiger charge is -2.30. The number of carbonyl (C=O) groups is 2. The molecule has 1 heterocycles. The van der Waals surface area contributed by atoms with E-state index in [1.807, 2.05) is 0 Å². The zero-order chi connectivity index (χ0) is 14.6. The number of methoxy groups -OCH3 is 1. The molecule has 0 bridgehead atoms. The highest BCUT2D eigenvalue weighted by Crippen LogP contribution is 2.30. The molecule has 1 aliphatic heterocycles. The molecular formula is C14H23NO5. The van der Waals surface area contributed by atoms with E-state index in [-0.39, 0.29) is 5.91 Å². The standard InChI is InChI=1S/C14H23NO5/c1-19-14(6-7-20-9-14)8-15-12(16)10-4-2-3-5-11(10)13(17)18/h10-11H,2-9H2,1H3,(H,15,16)(H,17,18). The van der Waals surface area contributed by atoms with E-state index >= 15 is 0 Å². The molecule has 3 unspecified atom stereocenters. The third-order valence-corrected chi connectivity index (χ3v) is 4.50. The fourth-order valence-corrected chi connectivity index (χ4v) is 3.08. The smallest absolute Gasteiger partial charge is 0.307 e. The molecule has 1 saturated carbocycles. The van der Waals surface area contributed by atoms with E-state index in [2.05, 4.69) is 5.32 Å². The Hall–Kier alpha value is -1.14. The molecular weight excluding hydrogens is 262 g/mol. The van der Waals surface area contributed by atoms with Crippen LogP contribution in [0.1, 0.15) is 32.1 Å². The van der Waals surface area contributed by atoms with Gasteiger partial charge in [-0.25, -0.2) is 0 Å². The maximum atomic E-state index is 12.3. The first-order chi connectivity index (χ1) is 9.58. The van der Waals surface area contributed by atoms with Crippen molar-refractivity contribution in [2.45, 2.75) is 37.7 Å². The Bertz CT molecular complexity index is 365. The molecule has 2 aliphatic rings. The van der Waals surface area contributed by atoms with Crippen LogP contribution < -0.4 is 5.32 Å². The van der Waals surface area contributed by atoms with E-state index in [4.69, 9.17) is 9.47 Å². The monoisotopic (exact) mass is 285 g/mol. The number of amides is 1.